The van der Waals surface area contributed by atoms with Crippen LogP contribution in [-0.4, -0.2) is 32.4 Å². The van der Waals surface area contributed by atoms with Crippen LogP contribution >= 0.6 is 0 Å². The number of unbranched alkanes of at least 4 members (excludes halogenated alkanes) is 1. The summed E-state index contributed by atoms with van der Waals surface area (Å²) >= 11 is 0. The Morgan fingerprint density at radius 3 is 2.52 bits per heavy atom. The maximum absolute atomic E-state index is 12.6. The molecule has 1 aliphatic heterocycles. The highest BCUT2D eigenvalue weighted by Crippen LogP contribution is 2.25. The molecule has 1 saturated heterocycles. The Bertz CT molecular complexity index is 563. The molecule has 1 fully saturated rings. The summed E-state index contributed by atoms with van der Waals surface area (Å²) in [4.78, 5) is 0.379. The molecule has 0 spiro atoms. The number of rotatable bonds is 6. The first-order valence-electron chi connectivity index (χ1n) is 7.79. The van der Waals surface area contributed by atoms with Crippen molar-refractivity contribution < 1.29 is 13.2 Å². The van der Waals surface area contributed by atoms with Crippen LogP contribution in [0.15, 0.2) is 23.1 Å². The zero-order chi connectivity index (χ0) is 15.3. The molecule has 1 heterocycles. The predicted octanol–water partition coefficient (Wildman–Crippen LogP) is 3.35. The van der Waals surface area contributed by atoms with Gasteiger partial charge >= 0.3 is 0 Å². The Labute approximate surface area is 128 Å². The Hall–Kier alpha value is -1.07. The molecule has 118 valence electrons. The summed E-state index contributed by atoms with van der Waals surface area (Å²) in [5, 5.41) is 0. The standard InChI is InChI=1S/C16H25NO3S/c1-3-4-12-20-16-9-8-15(13-14(16)2)21(18,19)17-10-6-5-7-11-17/h8-9,13H,3-7,10-12H2,1-2H3. The van der Waals surface area contributed by atoms with E-state index < -0.39 is 10.0 Å². The molecule has 5 heteroatoms. The van der Waals surface area contributed by atoms with Gasteiger partial charge in [0.05, 0.1) is 11.5 Å². The lowest BCUT2D eigenvalue weighted by Gasteiger charge is -2.26. The molecule has 0 unspecified atom stereocenters. The summed E-state index contributed by atoms with van der Waals surface area (Å²) in [6.45, 7) is 5.96. The summed E-state index contributed by atoms with van der Waals surface area (Å²) in [6, 6.07) is 5.17. The number of ether oxygens (including phenoxy) is 1. The molecule has 0 radical (unpaired) electrons. The fraction of sp³-hybridized carbons (Fsp3) is 0.625. The fourth-order valence-electron chi connectivity index (χ4n) is 2.53. The molecular formula is C16H25NO3S. The van der Waals surface area contributed by atoms with Gasteiger partial charge in [0.25, 0.3) is 0 Å². The molecule has 0 bridgehead atoms. The van der Waals surface area contributed by atoms with E-state index in [1.807, 2.05) is 6.92 Å². The molecular weight excluding hydrogens is 286 g/mol. The highest BCUT2D eigenvalue weighted by Gasteiger charge is 2.26. The quantitative estimate of drug-likeness (QED) is 0.757. The third-order valence-corrected chi connectivity index (χ3v) is 5.75. The van der Waals surface area contributed by atoms with Gasteiger partial charge in [0.1, 0.15) is 5.75 Å². The van der Waals surface area contributed by atoms with Gasteiger partial charge in [-0.2, -0.15) is 4.31 Å². The number of piperidine rings is 1. The van der Waals surface area contributed by atoms with Crippen molar-refractivity contribution >= 4 is 10.0 Å². The zero-order valence-corrected chi connectivity index (χ0v) is 13.8. The molecule has 0 aromatic heterocycles. The minimum atomic E-state index is -3.35. The number of hydrogen-bond acceptors (Lipinski definition) is 3. The summed E-state index contributed by atoms with van der Waals surface area (Å²) in [6.07, 6.45) is 5.12. The van der Waals surface area contributed by atoms with Crippen LogP contribution in [0.5, 0.6) is 5.75 Å². The predicted molar refractivity (Wildman–Crippen MR) is 84.2 cm³/mol. The van der Waals surface area contributed by atoms with Crippen molar-refractivity contribution in [1.29, 1.82) is 0 Å². The van der Waals surface area contributed by atoms with Crippen molar-refractivity contribution in [3.63, 3.8) is 0 Å². The van der Waals surface area contributed by atoms with Crippen molar-refractivity contribution in [3.8, 4) is 5.75 Å². The van der Waals surface area contributed by atoms with Crippen molar-refractivity contribution in [2.75, 3.05) is 19.7 Å². The van der Waals surface area contributed by atoms with Crippen LogP contribution in [0.25, 0.3) is 0 Å². The van der Waals surface area contributed by atoms with Crippen LogP contribution in [0.3, 0.4) is 0 Å². The molecule has 0 atom stereocenters. The number of benzene rings is 1. The fourth-order valence-corrected chi connectivity index (χ4v) is 4.13. The van der Waals surface area contributed by atoms with E-state index in [1.165, 1.54) is 0 Å². The Morgan fingerprint density at radius 2 is 1.90 bits per heavy atom. The summed E-state index contributed by atoms with van der Waals surface area (Å²) < 4.78 is 32.5. The summed E-state index contributed by atoms with van der Waals surface area (Å²) in [7, 11) is -3.35. The normalized spacial score (nSPS) is 16.9. The summed E-state index contributed by atoms with van der Waals surface area (Å²) in [5.41, 5.74) is 0.879. The van der Waals surface area contributed by atoms with Crippen LogP contribution < -0.4 is 4.74 Å². The molecule has 4 nitrogen and oxygen atoms in total. The lowest BCUT2D eigenvalue weighted by atomic mass is 10.2. The van der Waals surface area contributed by atoms with E-state index in [0.717, 1.165) is 43.4 Å². The zero-order valence-electron chi connectivity index (χ0n) is 13.0. The minimum Gasteiger partial charge on any atom is -0.493 e. The Kier molecular flexibility index (Phi) is 5.65. The molecule has 0 saturated carbocycles. The average molecular weight is 311 g/mol. The van der Waals surface area contributed by atoms with E-state index >= 15 is 0 Å². The minimum absolute atomic E-state index is 0.379. The van der Waals surface area contributed by atoms with Gasteiger partial charge in [-0.1, -0.05) is 19.8 Å². The number of nitrogens with zero attached hydrogens (tertiary/aromatic N) is 1. The van der Waals surface area contributed by atoms with Gasteiger partial charge in [0, 0.05) is 13.1 Å². The number of aryl methyl sites for hydroxylation is 1. The van der Waals surface area contributed by atoms with Crippen molar-refractivity contribution in [2.24, 2.45) is 0 Å². The van der Waals surface area contributed by atoms with Gasteiger partial charge < -0.3 is 4.74 Å². The molecule has 1 aliphatic rings. The van der Waals surface area contributed by atoms with E-state index in [-0.39, 0.29) is 0 Å². The summed E-state index contributed by atoms with van der Waals surface area (Å²) in [5.74, 6) is 0.779. The van der Waals surface area contributed by atoms with E-state index in [0.29, 0.717) is 24.6 Å². The molecule has 21 heavy (non-hydrogen) atoms. The first kappa shape index (κ1) is 16.3. The second kappa shape index (κ2) is 7.27. The van der Waals surface area contributed by atoms with E-state index in [2.05, 4.69) is 6.92 Å². The second-order valence-corrected chi connectivity index (χ2v) is 7.53. The van der Waals surface area contributed by atoms with Crippen molar-refractivity contribution in [2.45, 2.75) is 50.8 Å². The van der Waals surface area contributed by atoms with Gasteiger partial charge in [0.15, 0.2) is 0 Å². The number of hydrogen-bond donors (Lipinski definition) is 0. The van der Waals surface area contributed by atoms with E-state index in [9.17, 15) is 8.42 Å². The first-order chi connectivity index (χ1) is 10.1. The first-order valence-corrected chi connectivity index (χ1v) is 9.23. The van der Waals surface area contributed by atoms with Crippen LogP contribution in [0, 0.1) is 6.92 Å². The highest BCUT2D eigenvalue weighted by atomic mass is 32.2. The maximum Gasteiger partial charge on any atom is 0.243 e. The molecule has 0 amide bonds. The molecule has 2 rings (SSSR count). The van der Waals surface area contributed by atoms with E-state index in [4.69, 9.17) is 4.74 Å². The largest absolute Gasteiger partial charge is 0.493 e. The molecule has 0 N–H and O–H groups in total. The lowest BCUT2D eigenvalue weighted by Crippen LogP contribution is -2.35. The van der Waals surface area contributed by atoms with Crippen LogP contribution in [0.4, 0.5) is 0 Å². The van der Waals surface area contributed by atoms with Gasteiger partial charge in [-0.3, -0.25) is 0 Å². The van der Waals surface area contributed by atoms with Crippen LogP contribution in [0.2, 0.25) is 0 Å². The van der Waals surface area contributed by atoms with E-state index in [1.54, 1.807) is 22.5 Å². The van der Waals surface area contributed by atoms with Gasteiger partial charge in [-0.25, -0.2) is 8.42 Å². The Morgan fingerprint density at radius 1 is 1.19 bits per heavy atom. The van der Waals surface area contributed by atoms with Crippen LogP contribution in [-0.2, 0) is 10.0 Å². The molecule has 1 aromatic carbocycles. The third-order valence-electron chi connectivity index (χ3n) is 3.85. The van der Waals surface area contributed by atoms with Crippen molar-refractivity contribution in [3.05, 3.63) is 23.8 Å². The Balaban J connectivity index is 2.14. The van der Waals surface area contributed by atoms with Gasteiger partial charge in [-0.15, -0.1) is 0 Å². The molecule has 1 aromatic rings. The third kappa shape index (κ3) is 3.98. The molecule has 0 aliphatic carbocycles. The topological polar surface area (TPSA) is 46.6 Å². The highest BCUT2D eigenvalue weighted by molar-refractivity contribution is 7.89. The van der Waals surface area contributed by atoms with Crippen LogP contribution in [0.1, 0.15) is 44.6 Å². The van der Waals surface area contributed by atoms with Gasteiger partial charge in [-0.05, 0) is 49.9 Å². The second-order valence-electron chi connectivity index (χ2n) is 5.59. The SMILES string of the molecule is CCCCOc1ccc(S(=O)(=O)N2CCCCC2)cc1C. The maximum atomic E-state index is 12.6. The van der Waals surface area contributed by atoms with Gasteiger partial charge in [0.2, 0.25) is 10.0 Å². The van der Waals surface area contributed by atoms with Crippen molar-refractivity contribution in [1.82, 2.24) is 4.31 Å². The average Bonchev–Trinajstić information content (AvgIpc) is 2.50. The smallest absolute Gasteiger partial charge is 0.243 e. The lowest BCUT2D eigenvalue weighted by molar-refractivity contribution is 0.307. The number of sulfonamides is 1. The monoisotopic (exact) mass is 311 g/mol.